The minimum absolute atomic E-state index is 0.0788. The molecule has 1 aliphatic rings. The highest BCUT2D eigenvalue weighted by atomic mass is 15.0. The van der Waals surface area contributed by atoms with Gasteiger partial charge < -0.3 is 9.55 Å². The van der Waals surface area contributed by atoms with Crippen LogP contribution < -0.4 is 0 Å². The molecule has 10 aromatic rings. The number of nitrogens with one attached hydrogen (secondary N) is 1. The molecule has 1 N–H and O–H groups in total. The third-order valence-electron chi connectivity index (χ3n) is 11.1. The minimum Gasteiger partial charge on any atom is -0.354 e. The van der Waals surface area contributed by atoms with Crippen molar-refractivity contribution >= 4 is 75.9 Å². The Morgan fingerprint density at radius 1 is 0.468 bits per heavy atom. The minimum atomic E-state index is -0.0788. The first-order valence-electron chi connectivity index (χ1n) is 16.5. The zero-order valence-corrected chi connectivity index (χ0v) is 26.2. The molecule has 2 nitrogen and oxygen atoms in total. The average Bonchev–Trinajstić information content (AvgIpc) is 3.75. The van der Waals surface area contributed by atoms with Gasteiger partial charge in [0.05, 0.1) is 16.6 Å². The number of aromatic amines is 1. The van der Waals surface area contributed by atoms with Crippen LogP contribution in [0.15, 0.2) is 140 Å². The number of hydrogen-bond donors (Lipinski definition) is 1. The monoisotopic (exact) mass is 598 g/mol. The lowest BCUT2D eigenvalue weighted by Crippen LogP contribution is -2.15. The zero-order chi connectivity index (χ0) is 31.0. The van der Waals surface area contributed by atoms with E-state index in [1.165, 1.54) is 104 Å². The third kappa shape index (κ3) is 3.06. The van der Waals surface area contributed by atoms with Crippen LogP contribution in [0.5, 0.6) is 0 Å². The molecule has 0 bridgehead atoms. The van der Waals surface area contributed by atoms with Crippen LogP contribution in [0.4, 0.5) is 0 Å². The summed E-state index contributed by atoms with van der Waals surface area (Å²) in [5.41, 5.74) is 11.5. The van der Waals surface area contributed by atoms with Crippen LogP contribution in [0.25, 0.3) is 92.7 Å². The Bertz CT molecular complexity index is 2990. The highest BCUT2D eigenvalue weighted by molar-refractivity contribution is 6.45. The van der Waals surface area contributed by atoms with E-state index in [0.717, 1.165) is 0 Å². The fourth-order valence-corrected chi connectivity index (χ4v) is 9.07. The lowest BCUT2D eigenvalue weighted by Gasteiger charge is -2.22. The summed E-state index contributed by atoms with van der Waals surface area (Å²) < 4.78 is 2.54. The fourth-order valence-electron chi connectivity index (χ4n) is 9.07. The van der Waals surface area contributed by atoms with Gasteiger partial charge in [-0.3, -0.25) is 0 Å². The van der Waals surface area contributed by atoms with E-state index >= 15 is 0 Å². The topological polar surface area (TPSA) is 20.7 Å². The van der Waals surface area contributed by atoms with Crippen LogP contribution in [0.1, 0.15) is 25.0 Å². The van der Waals surface area contributed by atoms with Gasteiger partial charge in [-0.25, -0.2) is 0 Å². The molecule has 0 spiro atoms. The van der Waals surface area contributed by atoms with Gasteiger partial charge in [-0.2, -0.15) is 0 Å². The van der Waals surface area contributed by atoms with Gasteiger partial charge >= 0.3 is 0 Å². The van der Waals surface area contributed by atoms with Gasteiger partial charge in [0, 0.05) is 54.3 Å². The quantitative estimate of drug-likeness (QED) is 0.182. The van der Waals surface area contributed by atoms with Gasteiger partial charge in [0.1, 0.15) is 0 Å². The predicted molar refractivity (Wildman–Crippen MR) is 200 cm³/mol. The van der Waals surface area contributed by atoms with Gasteiger partial charge in [-0.1, -0.05) is 129 Å². The standard InChI is InChI=1S/C45H30N2/c1-45(2)35-20-10-7-13-27(35)28-24-23-26(25-36(28)45)47-38-22-12-9-19-34(38)41-42-39(30-15-4-6-17-32(30)44(41)47)29-14-3-5-16-31(29)43-40(42)33-18-8-11-21-37(33)46-43/h3-25,46H,1-2H3. The Morgan fingerprint density at radius 2 is 1.09 bits per heavy atom. The Hall–Kier alpha value is -5.86. The summed E-state index contributed by atoms with van der Waals surface area (Å²) in [4.78, 5) is 3.85. The Balaban J connectivity index is 1.40. The first kappa shape index (κ1) is 25.3. The summed E-state index contributed by atoms with van der Waals surface area (Å²) in [6.07, 6.45) is 0. The molecule has 1 aliphatic carbocycles. The van der Waals surface area contributed by atoms with E-state index in [4.69, 9.17) is 0 Å². The van der Waals surface area contributed by atoms with E-state index in [-0.39, 0.29) is 5.41 Å². The van der Waals surface area contributed by atoms with Crippen molar-refractivity contribution in [2.45, 2.75) is 19.3 Å². The van der Waals surface area contributed by atoms with Crippen molar-refractivity contribution in [3.8, 4) is 16.8 Å². The molecule has 0 aliphatic heterocycles. The molecule has 220 valence electrons. The molecule has 47 heavy (non-hydrogen) atoms. The van der Waals surface area contributed by atoms with Crippen LogP contribution in [-0.2, 0) is 5.41 Å². The molecule has 0 amide bonds. The summed E-state index contributed by atoms with van der Waals surface area (Å²) in [5, 5.41) is 12.9. The number of rotatable bonds is 1. The largest absolute Gasteiger partial charge is 0.354 e. The number of nitrogens with zero attached hydrogens (tertiary/aromatic N) is 1. The molecule has 0 fully saturated rings. The first-order valence-corrected chi connectivity index (χ1v) is 16.5. The smallest absolute Gasteiger partial charge is 0.0626 e. The molecule has 0 saturated heterocycles. The summed E-state index contributed by atoms with van der Waals surface area (Å²) in [6, 6.07) is 51.9. The highest BCUT2D eigenvalue weighted by Gasteiger charge is 2.35. The molecule has 2 heteroatoms. The van der Waals surface area contributed by atoms with Gasteiger partial charge in [-0.15, -0.1) is 0 Å². The Morgan fingerprint density at radius 3 is 1.91 bits per heavy atom. The van der Waals surface area contributed by atoms with E-state index < -0.39 is 0 Å². The second-order valence-corrected chi connectivity index (χ2v) is 13.7. The van der Waals surface area contributed by atoms with Crippen molar-refractivity contribution in [2.75, 3.05) is 0 Å². The van der Waals surface area contributed by atoms with E-state index in [0.29, 0.717) is 0 Å². The maximum Gasteiger partial charge on any atom is 0.0626 e. The van der Waals surface area contributed by atoms with E-state index in [2.05, 4.69) is 163 Å². The second-order valence-electron chi connectivity index (χ2n) is 13.7. The number of fused-ring (bicyclic) bond motifs is 18. The lowest BCUT2D eigenvalue weighted by atomic mass is 9.82. The van der Waals surface area contributed by atoms with E-state index in [9.17, 15) is 0 Å². The maximum absolute atomic E-state index is 3.85. The Kier molecular flexibility index (Phi) is 4.68. The number of para-hydroxylation sites is 2. The normalized spacial score (nSPS) is 13.9. The summed E-state index contributed by atoms with van der Waals surface area (Å²) in [5.74, 6) is 0. The number of H-pyrrole nitrogens is 1. The Labute approximate surface area is 271 Å². The van der Waals surface area contributed by atoms with Crippen molar-refractivity contribution < 1.29 is 0 Å². The summed E-state index contributed by atoms with van der Waals surface area (Å²) in [7, 11) is 0. The maximum atomic E-state index is 3.85. The predicted octanol–water partition coefficient (Wildman–Crippen LogP) is 12.2. The highest BCUT2D eigenvalue weighted by Crippen LogP contribution is 2.52. The second kappa shape index (κ2) is 8.69. The lowest BCUT2D eigenvalue weighted by molar-refractivity contribution is 0.660. The first-order chi connectivity index (χ1) is 23.1. The van der Waals surface area contributed by atoms with Gasteiger partial charge in [-0.05, 0) is 62.7 Å². The zero-order valence-electron chi connectivity index (χ0n) is 26.2. The van der Waals surface area contributed by atoms with Gasteiger partial charge in [0.25, 0.3) is 0 Å². The molecule has 2 aromatic heterocycles. The third-order valence-corrected chi connectivity index (χ3v) is 11.1. The van der Waals surface area contributed by atoms with Crippen molar-refractivity contribution in [2.24, 2.45) is 0 Å². The average molecular weight is 599 g/mol. The molecule has 0 radical (unpaired) electrons. The van der Waals surface area contributed by atoms with Crippen molar-refractivity contribution in [1.82, 2.24) is 9.55 Å². The molecular weight excluding hydrogens is 569 g/mol. The van der Waals surface area contributed by atoms with Crippen LogP contribution in [0.2, 0.25) is 0 Å². The van der Waals surface area contributed by atoms with Crippen LogP contribution in [0.3, 0.4) is 0 Å². The molecule has 0 atom stereocenters. The van der Waals surface area contributed by atoms with E-state index in [1.54, 1.807) is 0 Å². The molecule has 0 saturated carbocycles. The molecule has 8 aromatic carbocycles. The molecule has 2 heterocycles. The van der Waals surface area contributed by atoms with Crippen molar-refractivity contribution in [1.29, 1.82) is 0 Å². The number of benzene rings is 8. The number of hydrogen-bond acceptors (Lipinski definition) is 0. The summed E-state index contributed by atoms with van der Waals surface area (Å²) >= 11 is 0. The molecular formula is C45H30N2. The van der Waals surface area contributed by atoms with Crippen LogP contribution in [0, 0.1) is 0 Å². The van der Waals surface area contributed by atoms with E-state index in [1.807, 2.05) is 0 Å². The fraction of sp³-hybridized carbons (Fsp3) is 0.0667. The van der Waals surface area contributed by atoms with Gasteiger partial charge in [0.15, 0.2) is 0 Å². The van der Waals surface area contributed by atoms with Crippen molar-refractivity contribution in [3.05, 3.63) is 151 Å². The van der Waals surface area contributed by atoms with Crippen LogP contribution in [-0.4, -0.2) is 9.55 Å². The SMILES string of the molecule is CC1(C)c2ccccc2-c2ccc(-n3c4ccccc4c4c5c(c6ccccc6c6[nH]c7ccccc7c65)c5ccccc5c43)cc21. The van der Waals surface area contributed by atoms with Crippen molar-refractivity contribution in [3.63, 3.8) is 0 Å². The summed E-state index contributed by atoms with van der Waals surface area (Å²) in [6.45, 7) is 4.74. The molecule has 11 rings (SSSR count). The van der Waals surface area contributed by atoms with Crippen LogP contribution >= 0.6 is 0 Å². The van der Waals surface area contributed by atoms with Gasteiger partial charge in [0.2, 0.25) is 0 Å². The number of aromatic nitrogens is 2. The molecule has 0 unspecified atom stereocenters.